The number of aliphatic hydroxyl groups is 1. The molecule has 0 radical (unpaired) electrons. The Labute approximate surface area is 151 Å². The summed E-state index contributed by atoms with van der Waals surface area (Å²) in [4.78, 5) is 17.3. The van der Waals surface area contributed by atoms with E-state index in [0.717, 1.165) is 57.5 Å². The van der Waals surface area contributed by atoms with Crippen molar-refractivity contribution in [2.24, 2.45) is 5.92 Å². The Morgan fingerprint density at radius 1 is 1.20 bits per heavy atom. The average molecular weight is 345 g/mol. The molecule has 1 amide bonds. The molecule has 138 valence electrons. The maximum Gasteiger partial charge on any atom is 0.251 e. The summed E-state index contributed by atoms with van der Waals surface area (Å²) >= 11 is 0. The Hall–Kier alpha value is -1.43. The lowest BCUT2D eigenvalue weighted by atomic mass is 9.76. The molecule has 5 nitrogen and oxygen atoms in total. The van der Waals surface area contributed by atoms with E-state index < -0.39 is 0 Å². The summed E-state index contributed by atoms with van der Waals surface area (Å²) in [6, 6.07) is 8.18. The number of carbonyl (C=O) groups is 1. The number of piperazine rings is 1. The molecule has 1 saturated carbocycles. The summed E-state index contributed by atoms with van der Waals surface area (Å²) in [5, 5.41) is 12.6. The molecule has 0 spiro atoms. The van der Waals surface area contributed by atoms with E-state index in [-0.39, 0.29) is 18.1 Å². The van der Waals surface area contributed by atoms with E-state index in [1.54, 1.807) is 0 Å². The van der Waals surface area contributed by atoms with E-state index in [1.807, 2.05) is 12.1 Å². The van der Waals surface area contributed by atoms with Gasteiger partial charge in [0.2, 0.25) is 0 Å². The van der Waals surface area contributed by atoms with Gasteiger partial charge in [0.1, 0.15) is 0 Å². The van der Waals surface area contributed by atoms with Crippen LogP contribution in [-0.2, 0) is 6.54 Å². The van der Waals surface area contributed by atoms with Crippen LogP contribution in [0.2, 0.25) is 0 Å². The van der Waals surface area contributed by atoms with Crippen LogP contribution < -0.4 is 5.32 Å². The van der Waals surface area contributed by atoms with Gasteiger partial charge in [-0.15, -0.1) is 0 Å². The molecule has 2 fully saturated rings. The third kappa shape index (κ3) is 4.81. The molecular weight excluding hydrogens is 314 g/mol. The van der Waals surface area contributed by atoms with Crippen molar-refractivity contribution in [3.05, 3.63) is 35.4 Å². The highest BCUT2D eigenvalue weighted by Crippen LogP contribution is 2.31. The first kappa shape index (κ1) is 18.4. The second-order valence-electron chi connectivity index (χ2n) is 7.65. The molecule has 0 aromatic heterocycles. The average Bonchev–Trinajstić information content (AvgIpc) is 2.59. The number of rotatable bonds is 6. The molecule has 3 rings (SSSR count). The highest BCUT2D eigenvalue weighted by Gasteiger charge is 2.33. The number of likely N-dealkylation sites (N-methyl/N-ethyl adjacent to an activating group) is 1. The minimum Gasteiger partial charge on any atom is -0.393 e. The van der Waals surface area contributed by atoms with Gasteiger partial charge in [-0.2, -0.15) is 0 Å². The zero-order valence-corrected chi connectivity index (χ0v) is 15.4. The van der Waals surface area contributed by atoms with Gasteiger partial charge in [-0.05, 0) is 49.9 Å². The number of nitrogens with one attached hydrogen (secondary N) is 1. The van der Waals surface area contributed by atoms with Crippen molar-refractivity contribution < 1.29 is 9.90 Å². The summed E-state index contributed by atoms with van der Waals surface area (Å²) < 4.78 is 0. The molecule has 0 unspecified atom stereocenters. The van der Waals surface area contributed by atoms with Gasteiger partial charge in [0.05, 0.1) is 6.10 Å². The van der Waals surface area contributed by atoms with Gasteiger partial charge < -0.3 is 15.3 Å². The molecule has 2 aliphatic rings. The molecule has 2 N–H and O–H groups in total. The number of hydrogen-bond acceptors (Lipinski definition) is 4. The number of nitrogens with zero attached hydrogens (tertiary/aromatic N) is 2. The van der Waals surface area contributed by atoms with Crippen molar-refractivity contribution in [3.8, 4) is 0 Å². The normalized spacial score (nSPS) is 26.0. The first-order valence-electron chi connectivity index (χ1n) is 9.54. The summed E-state index contributed by atoms with van der Waals surface area (Å²) in [5.74, 6) is 0.417. The minimum absolute atomic E-state index is 0.000568. The standard InChI is InChI=1S/C20H31N3O2/c1-3-19(17-12-18(24)13-17)21-20(25)16-6-4-15(5-7-16)14-23-10-8-22(2)9-11-23/h4-7,17-19,24H,3,8-14H2,1-2H3,(H,21,25)/t17?,18?,19-/m0/s1. The number of hydrogen-bond donors (Lipinski definition) is 2. The predicted octanol–water partition coefficient (Wildman–Crippen LogP) is 1.71. The summed E-state index contributed by atoms with van der Waals surface area (Å²) in [6.45, 7) is 7.49. The summed E-state index contributed by atoms with van der Waals surface area (Å²) in [6.07, 6.45) is 2.35. The van der Waals surface area contributed by atoms with Gasteiger partial charge in [0.25, 0.3) is 5.91 Å². The molecule has 1 aliphatic heterocycles. The van der Waals surface area contributed by atoms with Crippen LogP contribution >= 0.6 is 0 Å². The Morgan fingerprint density at radius 3 is 2.40 bits per heavy atom. The van der Waals surface area contributed by atoms with Crippen LogP contribution in [0, 0.1) is 5.92 Å². The lowest BCUT2D eigenvalue weighted by molar-refractivity contribution is 0.0232. The van der Waals surface area contributed by atoms with Gasteiger partial charge >= 0.3 is 0 Å². The van der Waals surface area contributed by atoms with Crippen molar-refractivity contribution in [1.29, 1.82) is 0 Å². The predicted molar refractivity (Wildman–Crippen MR) is 99.5 cm³/mol. The molecule has 25 heavy (non-hydrogen) atoms. The largest absolute Gasteiger partial charge is 0.393 e. The molecular formula is C20H31N3O2. The molecule has 1 aliphatic carbocycles. The van der Waals surface area contributed by atoms with Crippen LogP contribution in [0.3, 0.4) is 0 Å². The molecule has 1 heterocycles. The van der Waals surface area contributed by atoms with Crippen molar-refractivity contribution in [3.63, 3.8) is 0 Å². The van der Waals surface area contributed by atoms with E-state index in [9.17, 15) is 9.90 Å². The van der Waals surface area contributed by atoms with Crippen molar-refractivity contribution >= 4 is 5.91 Å². The van der Waals surface area contributed by atoms with Gasteiger partial charge in [0.15, 0.2) is 0 Å². The van der Waals surface area contributed by atoms with Crippen LogP contribution in [-0.4, -0.2) is 66.2 Å². The fraction of sp³-hybridized carbons (Fsp3) is 0.650. The highest BCUT2D eigenvalue weighted by molar-refractivity contribution is 5.94. The van der Waals surface area contributed by atoms with Crippen molar-refractivity contribution in [1.82, 2.24) is 15.1 Å². The molecule has 1 atom stereocenters. The van der Waals surface area contributed by atoms with Crippen LogP contribution in [0.5, 0.6) is 0 Å². The topological polar surface area (TPSA) is 55.8 Å². The van der Waals surface area contributed by atoms with Crippen molar-refractivity contribution in [2.45, 2.75) is 44.9 Å². The maximum absolute atomic E-state index is 12.5. The fourth-order valence-corrected chi connectivity index (χ4v) is 3.79. The zero-order valence-electron chi connectivity index (χ0n) is 15.4. The van der Waals surface area contributed by atoms with Gasteiger partial charge in [0, 0.05) is 44.3 Å². The third-order valence-electron chi connectivity index (χ3n) is 5.69. The fourth-order valence-electron chi connectivity index (χ4n) is 3.79. The zero-order chi connectivity index (χ0) is 17.8. The van der Waals surface area contributed by atoms with Crippen LogP contribution in [0.1, 0.15) is 42.1 Å². The van der Waals surface area contributed by atoms with Crippen LogP contribution in [0.15, 0.2) is 24.3 Å². The smallest absolute Gasteiger partial charge is 0.251 e. The van der Waals surface area contributed by atoms with E-state index in [4.69, 9.17) is 0 Å². The van der Waals surface area contributed by atoms with Crippen LogP contribution in [0.4, 0.5) is 0 Å². The minimum atomic E-state index is -0.176. The SMILES string of the molecule is CC[C@H](NC(=O)c1ccc(CN2CCN(C)CC2)cc1)C1CC(O)C1. The Bertz CT molecular complexity index is 561. The van der Waals surface area contributed by atoms with E-state index in [1.165, 1.54) is 5.56 Å². The maximum atomic E-state index is 12.5. The van der Waals surface area contributed by atoms with Crippen molar-refractivity contribution in [2.75, 3.05) is 33.2 Å². The van der Waals surface area contributed by atoms with E-state index >= 15 is 0 Å². The van der Waals surface area contributed by atoms with Gasteiger partial charge in [-0.1, -0.05) is 19.1 Å². The molecule has 1 aromatic rings. The van der Waals surface area contributed by atoms with Crippen LogP contribution in [0.25, 0.3) is 0 Å². The summed E-state index contributed by atoms with van der Waals surface area (Å²) in [7, 11) is 2.17. The lowest BCUT2D eigenvalue weighted by Gasteiger charge is -2.37. The molecule has 5 heteroatoms. The third-order valence-corrected chi connectivity index (χ3v) is 5.69. The summed E-state index contributed by atoms with van der Waals surface area (Å²) in [5.41, 5.74) is 1.98. The second-order valence-corrected chi connectivity index (χ2v) is 7.65. The molecule has 1 saturated heterocycles. The monoisotopic (exact) mass is 345 g/mol. The Balaban J connectivity index is 1.51. The number of amides is 1. The quantitative estimate of drug-likeness (QED) is 0.824. The highest BCUT2D eigenvalue weighted by atomic mass is 16.3. The first-order valence-corrected chi connectivity index (χ1v) is 9.54. The van der Waals surface area contributed by atoms with E-state index in [2.05, 4.69) is 41.2 Å². The number of aliphatic hydroxyl groups excluding tert-OH is 1. The molecule has 0 bridgehead atoms. The van der Waals surface area contributed by atoms with Gasteiger partial charge in [-0.25, -0.2) is 0 Å². The van der Waals surface area contributed by atoms with Gasteiger partial charge in [-0.3, -0.25) is 9.69 Å². The number of carbonyl (C=O) groups excluding carboxylic acids is 1. The molecule has 1 aromatic carbocycles. The van der Waals surface area contributed by atoms with E-state index in [0.29, 0.717) is 5.92 Å². The Morgan fingerprint density at radius 2 is 1.84 bits per heavy atom. The first-order chi connectivity index (χ1) is 12.0. The number of benzene rings is 1. The lowest BCUT2D eigenvalue weighted by Crippen LogP contribution is -2.46. The second kappa shape index (κ2) is 8.30. The Kier molecular flexibility index (Phi) is 6.10.